The van der Waals surface area contributed by atoms with E-state index in [-0.39, 0.29) is 28.4 Å². The summed E-state index contributed by atoms with van der Waals surface area (Å²) in [7, 11) is 0. The van der Waals surface area contributed by atoms with Crippen molar-refractivity contribution in [3.8, 4) is 17.2 Å². The molecule has 2 atom stereocenters. The second-order valence-corrected chi connectivity index (χ2v) is 14.2. The number of ketones is 1. The molecule has 1 fully saturated rings. The lowest BCUT2D eigenvalue weighted by molar-refractivity contribution is -0.132. The highest BCUT2D eigenvalue weighted by atomic mass is 32.2. The van der Waals surface area contributed by atoms with Gasteiger partial charge in [-0.1, -0.05) is 55.1 Å². The van der Waals surface area contributed by atoms with Crippen LogP contribution in [-0.2, 0) is 21.8 Å². The first-order chi connectivity index (χ1) is 23.1. The number of anilines is 1. The maximum absolute atomic E-state index is 13.8. The van der Waals surface area contributed by atoms with Crippen LogP contribution in [0.1, 0.15) is 62.4 Å². The van der Waals surface area contributed by atoms with E-state index in [2.05, 4.69) is 24.0 Å². The minimum atomic E-state index is -1.03. The number of Topliss-reactive ketones (excluding diaryl/α,β-unsaturated/α-hetero) is 1. The largest absolute Gasteiger partial charge is 0.507 e. The first kappa shape index (κ1) is 33.5. The van der Waals surface area contributed by atoms with E-state index < -0.39 is 17.7 Å². The normalized spacial score (nSPS) is 18.3. The van der Waals surface area contributed by atoms with Gasteiger partial charge in [0.05, 0.1) is 24.8 Å². The number of aliphatic hydroxyl groups is 1. The van der Waals surface area contributed by atoms with Gasteiger partial charge in [0.1, 0.15) is 23.4 Å². The highest BCUT2D eigenvalue weighted by molar-refractivity contribution is 8.00. The summed E-state index contributed by atoms with van der Waals surface area (Å²) in [5.74, 6) is 0.408. The molecule has 1 N–H and O–H groups in total. The average molecular weight is 690 g/mol. The van der Waals surface area contributed by atoms with Crippen LogP contribution < -0.4 is 19.1 Å². The molecule has 2 aliphatic heterocycles. The molecule has 1 saturated heterocycles. The molecular weight excluding hydrogens is 654 g/mol. The number of carbonyl (C=O) groups is 2. The number of benzene rings is 3. The lowest BCUT2D eigenvalue weighted by Crippen LogP contribution is -2.29. The molecule has 250 valence electrons. The summed E-state index contributed by atoms with van der Waals surface area (Å²) in [5, 5.41) is 20.5. The predicted octanol–water partition coefficient (Wildman–Crippen LogP) is 7.74. The minimum Gasteiger partial charge on any atom is -0.507 e. The van der Waals surface area contributed by atoms with E-state index in [0.29, 0.717) is 58.3 Å². The first-order valence-electron chi connectivity index (χ1n) is 15.8. The molecule has 4 aromatic rings. The Labute approximate surface area is 286 Å². The minimum absolute atomic E-state index is 0.00578. The van der Waals surface area contributed by atoms with E-state index in [4.69, 9.17) is 14.2 Å². The van der Waals surface area contributed by atoms with E-state index in [1.807, 2.05) is 13.8 Å². The van der Waals surface area contributed by atoms with Gasteiger partial charge < -0.3 is 19.3 Å². The lowest BCUT2D eigenvalue weighted by atomic mass is 9.94. The van der Waals surface area contributed by atoms with Crippen LogP contribution in [0.5, 0.6) is 17.2 Å². The van der Waals surface area contributed by atoms with Gasteiger partial charge in [-0.05, 0) is 85.3 Å². The second kappa shape index (κ2) is 14.4. The Kier molecular flexibility index (Phi) is 10.0. The first-order valence-corrected chi connectivity index (χ1v) is 17.6. The number of halogens is 1. The zero-order valence-corrected chi connectivity index (χ0v) is 28.7. The van der Waals surface area contributed by atoms with Gasteiger partial charge >= 0.3 is 5.91 Å². The Morgan fingerprint density at radius 2 is 1.88 bits per heavy atom. The van der Waals surface area contributed by atoms with Gasteiger partial charge in [-0.3, -0.25) is 14.5 Å². The quantitative estimate of drug-likeness (QED) is 0.0525. The van der Waals surface area contributed by atoms with Crippen LogP contribution >= 0.6 is 23.1 Å². The highest BCUT2D eigenvalue weighted by Crippen LogP contribution is 2.46. The van der Waals surface area contributed by atoms with Gasteiger partial charge in [0.15, 0.2) is 15.8 Å². The predicted molar refractivity (Wildman–Crippen MR) is 183 cm³/mol. The molecule has 9 nitrogen and oxygen atoms in total. The van der Waals surface area contributed by atoms with Crippen molar-refractivity contribution in [2.24, 2.45) is 5.92 Å². The molecular formula is C36H36FN3O6S2. The summed E-state index contributed by atoms with van der Waals surface area (Å²) >= 11 is 2.54. The number of thioether (sulfide) groups is 1. The highest BCUT2D eigenvalue weighted by Gasteiger charge is 2.48. The van der Waals surface area contributed by atoms with Crippen molar-refractivity contribution in [1.29, 1.82) is 0 Å². The van der Waals surface area contributed by atoms with Crippen molar-refractivity contribution in [2.45, 2.75) is 62.8 Å². The fourth-order valence-corrected chi connectivity index (χ4v) is 7.46. The number of amides is 1. The molecule has 1 amide bonds. The van der Waals surface area contributed by atoms with Crippen LogP contribution in [-0.4, -0.2) is 46.3 Å². The Hall–Kier alpha value is -4.42. The molecule has 0 bridgehead atoms. The van der Waals surface area contributed by atoms with Crippen molar-refractivity contribution in [1.82, 2.24) is 10.2 Å². The summed E-state index contributed by atoms with van der Waals surface area (Å²) in [6.07, 6.45) is 1.51. The van der Waals surface area contributed by atoms with Gasteiger partial charge in [0.25, 0.3) is 5.78 Å². The maximum Gasteiger partial charge on any atom is 0.301 e. The third kappa shape index (κ3) is 7.05. The van der Waals surface area contributed by atoms with Gasteiger partial charge in [0.2, 0.25) is 5.13 Å². The van der Waals surface area contributed by atoms with Gasteiger partial charge in [-0.2, -0.15) is 0 Å². The fourth-order valence-electron chi connectivity index (χ4n) is 5.64. The van der Waals surface area contributed by atoms with Crippen LogP contribution in [0.4, 0.5) is 9.52 Å². The van der Waals surface area contributed by atoms with Crippen molar-refractivity contribution < 1.29 is 33.3 Å². The molecule has 3 aromatic carbocycles. The number of aromatic nitrogens is 2. The van der Waals surface area contributed by atoms with Crippen LogP contribution in [0, 0.1) is 11.7 Å². The smallest absolute Gasteiger partial charge is 0.301 e. The maximum atomic E-state index is 13.8. The molecule has 0 radical (unpaired) electrons. The van der Waals surface area contributed by atoms with Crippen LogP contribution in [0.25, 0.3) is 5.76 Å². The summed E-state index contributed by atoms with van der Waals surface area (Å²) in [6.45, 7) is 8.93. The molecule has 0 saturated carbocycles. The van der Waals surface area contributed by atoms with E-state index in [9.17, 15) is 19.1 Å². The summed E-state index contributed by atoms with van der Waals surface area (Å²) in [6, 6.07) is 15.7. The molecule has 48 heavy (non-hydrogen) atoms. The summed E-state index contributed by atoms with van der Waals surface area (Å²) in [4.78, 5) is 28.9. The van der Waals surface area contributed by atoms with E-state index >= 15 is 0 Å². The SMILES string of the molecule is CCOc1cc([C@@H]2C(=C(O)c3ccc4c(c3)C[C@@H](C)O4)C(=O)C(=O)N2c2nnc(SCc3ccc(F)cc3)s2)ccc1OCCC(C)C. The number of rotatable bonds is 12. The van der Waals surface area contributed by atoms with Crippen molar-refractivity contribution in [3.05, 3.63) is 94.3 Å². The molecule has 6 rings (SSSR count). The number of carbonyl (C=O) groups excluding carboxylic acids is 2. The van der Waals surface area contributed by atoms with E-state index in [0.717, 1.165) is 34.6 Å². The number of ether oxygens (including phenoxy) is 3. The summed E-state index contributed by atoms with van der Waals surface area (Å²) in [5.41, 5.74) is 2.67. The Bertz CT molecular complexity index is 1860. The van der Waals surface area contributed by atoms with Gasteiger partial charge in [0, 0.05) is 17.7 Å². The number of aliphatic hydroxyl groups excluding tert-OH is 1. The number of fused-ring (bicyclic) bond motifs is 1. The number of hydrogen-bond acceptors (Lipinski definition) is 10. The monoisotopic (exact) mass is 689 g/mol. The van der Waals surface area contributed by atoms with Gasteiger partial charge in [-0.15, -0.1) is 10.2 Å². The van der Waals surface area contributed by atoms with Gasteiger partial charge in [-0.25, -0.2) is 4.39 Å². The second-order valence-electron chi connectivity index (χ2n) is 12.1. The van der Waals surface area contributed by atoms with Crippen LogP contribution in [0.3, 0.4) is 0 Å². The summed E-state index contributed by atoms with van der Waals surface area (Å²) < 4.78 is 31.8. The zero-order valence-electron chi connectivity index (χ0n) is 27.1. The standard InChI is InChI=1S/C36H36FN3O6S2/c1-5-44-29-18-23(8-13-28(29)45-15-14-20(2)3)31-30(32(41)24-9-12-27-25(17-24)16-21(4)46-27)33(42)34(43)40(31)35-38-39-36(48-35)47-19-22-6-10-26(37)11-7-22/h6-13,17-18,20-21,31,41H,5,14-16,19H2,1-4H3/t21-,31-/m1/s1. The van der Waals surface area contributed by atoms with Crippen LogP contribution in [0.15, 0.2) is 70.6 Å². The third-order valence-electron chi connectivity index (χ3n) is 8.03. The van der Waals surface area contributed by atoms with E-state index in [1.165, 1.54) is 28.8 Å². The Morgan fingerprint density at radius 3 is 2.62 bits per heavy atom. The van der Waals surface area contributed by atoms with Crippen molar-refractivity contribution >= 4 is 45.7 Å². The van der Waals surface area contributed by atoms with Crippen LogP contribution in [0.2, 0.25) is 0 Å². The third-order valence-corrected chi connectivity index (χ3v) is 10.2. The van der Waals surface area contributed by atoms with Crippen molar-refractivity contribution in [2.75, 3.05) is 18.1 Å². The van der Waals surface area contributed by atoms with Crippen molar-refractivity contribution in [3.63, 3.8) is 0 Å². The molecule has 12 heteroatoms. The molecule has 3 heterocycles. The number of hydrogen-bond donors (Lipinski definition) is 1. The Morgan fingerprint density at radius 1 is 1.08 bits per heavy atom. The fraction of sp³-hybridized carbons (Fsp3) is 0.333. The molecule has 0 unspecified atom stereocenters. The topological polar surface area (TPSA) is 111 Å². The number of nitrogens with zero attached hydrogens (tertiary/aromatic N) is 3. The molecule has 1 aromatic heterocycles. The molecule has 2 aliphatic rings. The Balaban J connectivity index is 1.40. The lowest BCUT2D eigenvalue weighted by Gasteiger charge is -2.24. The van der Waals surface area contributed by atoms with E-state index in [1.54, 1.807) is 48.5 Å². The molecule has 0 spiro atoms. The zero-order chi connectivity index (χ0) is 33.9. The molecule has 0 aliphatic carbocycles. The average Bonchev–Trinajstić information content (AvgIpc) is 3.75.